The number of aryl methyl sites for hydroxylation is 2. The first-order valence-electron chi connectivity index (χ1n) is 6.67. The maximum Gasteiger partial charge on any atom is 0.156 e. The van der Waals surface area contributed by atoms with Crippen LogP contribution < -0.4 is 0 Å². The Morgan fingerprint density at radius 2 is 1.68 bits per heavy atom. The van der Waals surface area contributed by atoms with Crippen LogP contribution in [0.15, 0.2) is 28.8 Å². The molecule has 3 rings (SSSR count). The maximum absolute atomic E-state index is 6.16. The van der Waals surface area contributed by atoms with E-state index in [9.17, 15) is 0 Å². The Hall–Kier alpha value is -1.83. The van der Waals surface area contributed by atoms with Crippen LogP contribution in [0, 0.1) is 13.8 Å². The largest absolute Gasteiger partial charge is 0.454 e. The predicted octanol–water partition coefficient (Wildman–Crippen LogP) is 4.90. The number of pyridine rings is 1. The third-order valence-corrected chi connectivity index (χ3v) is 3.68. The van der Waals surface area contributed by atoms with E-state index in [0.717, 1.165) is 27.6 Å². The van der Waals surface area contributed by atoms with E-state index in [1.165, 1.54) is 11.1 Å². The molecule has 0 radical (unpaired) electrons. The van der Waals surface area contributed by atoms with E-state index in [0.29, 0.717) is 0 Å². The van der Waals surface area contributed by atoms with E-state index in [1.807, 2.05) is 12.3 Å². The summed E-state index contributed by atoms with van der Waals surface area (Å²) in [5, 5.41) is 1.12. The lowest BCUT2D eigenvalue weighted by atomic mass is 9.83. The van der Waals surface area contributed by atoms with E-state index in [-0.39, 0.29) is 5.41 Å². The van der Waals surface area contributed by atoms with Crippen LogP contribution >= 0.6 is 0 Å². The molecule has 0 N–H and O–H groups in total. The van der Waals surface area contributed by atoms with Gasteiger partial charge in [0.15, 0.2) is 5.58 Å². The van der Waals surface area contributed by atoms with Crippen molar-refractivity contribution in [1.29, 1.82) is 0 Å². The minimum atomic E-state index is 0.0609. The number of rotatable bonds is 0. The maximum atomic E-state index is 6.16. The van der Waals surface area contributed by atoms with Gasteiger partial charge in [0.1, 0.15) is 11.1 Å². The summed E-state index contributed by atoms with van der Waals surface area (Å²) in [7, 11) is 0. The van der Waals surface area contributed by atoms with Crippen LogP contribution in [0.3, 0.4) is 0 Å². The van der Waals surface area contributed by atoms with E-state index in [4.69, 9.17) is 4.42 Å². The third-order valence-electron chi connectivity index (χ3n) is 3.68. The van der Waals surface area contributed by atoms with Crippen molar-refractivity contribution in [2.45, 2.75) is 40.0 Å². The van der Waals surface area contributed by atoms with Crippen LogP contribution in [0.1, 0.15) is 37.5 Å². The van der Waals surface area contributed by atoms with Crippen LogP contribution in [-0.2, 0) is 5.41 Å². The molecule has 19 heavy (non-hydrogen) atoms. The second kappa shape index (κ2) is 3.83. The fraction of sp³-hybridized carbons (Fsp3) is 0.353. The lowest BCUT2D eigenvalue weighted by Crippen LogP contribution is -2.13. The van der Waals surface area contributed by atoms with Crippen LogP contribution in [0.2, 0.25) is 0 Å². The SMILES string of the molecule is Cc1ccc2c(oc3c(C)ccnc32)c1C(C)(C)C. The molecule has 3 aromatic rings. The smallest absolute Gasteiger partial charge is 0.156 e. The minimum Gasteiger partial charge on any atom is -0.454 e. The van der Waals surface area contributed by atoms with Crippen LogP contribution in [0.4, 0.5) is 0 Å². The van der Waals surface area contributed by atoms with Gasteiger partial charge in [0.25, 0.3) is 0 Å². The normalized spacial score (nSPS) is 12.5. The Morgan fingerprint density at radius 1 is 0.947 bits per heavy atom. The first kappa shape index (κ1) is 12.2. The number of fused-ring (bicyclic) bond motifs is 3. The summed E-state index contributed by atoms with van der Waals surface area (Å²) >= 11 is 0. The number of aromatic nitrogens is 1. The van der Waals surface area contributed by atoms with Crippen molar-refractivity contribution in [2.24, 2.45) is 0 Å². The van der Waals surface area contributed by atoms with Gasteiger partial charge in [-0.05, 0) is 42.5 Å². The number of benzene rings is 1. The highest BCUT2D eigenvalue weighted by atomic mass is 16.3. The Morgan fingerprint density at radius 3 is 2.37 bits per heavy atom. The fourth-order valence-electron chi connectivity index (χ4n) is 2.87. The molecule has 0 saturated heterocycles. The third kappa shape index (κ3) is 1.74. The molecule has 2 heteroatoms. The number of hydrogen-bond acceptors (Lipinski definition) is 2. The molecule has 0 aliphatic rings. The van der Waals surface area contributed by atoms with Gasteiger partial charge in [-0.3, -0.25) is 4.98 Å². The van der Waals surface area contributed by atoms with Gasteiger partial charge in [-0.15, -0.1) is 0 Å². The van der Waals surface area contributed by atoms with Gasteiger partial charge < -0.3 is 4.42 Å². The molecule has 0 fully saturated rings. The highest BCUT2D eigenvalue weighted by molar-refractivity contribution is 6.04. The van der Waals surface area contributed by atoms with Gasteiger partial charge in [0.2, 0.25) is 0 Å². The second-order valence-corrected chi connectivity index (χ2v) is 6.29. The topological polar surface area (TPSA) is 26.0 Å². The van der Waals surface area contributed by atoms with E-state index >= 15 is 0 Å². The van der Waals surface area contributed by atoms with Crippen LogP contribution in [0.5, 0.6) is 0 Å². The first-order valence-corrected chi connectivity index (χ1v) is 6.67. The predicted molar refractivity (Wildman–Crippen MR) is 79.7 cm³/mol. The van der Waals surface area contributed by atoms with Gasteiger partial charge in [0, 0.05) is 17.1 Å². The first-order chi connectivity index (χ1) is 8.89. The molecule has 0 aliphatic carbocycles. The monoisotopic (exact) mass is 253 g/mol. The summed E-state index contributed by atoms with van der Waals surface area (Å²) in [4.78, 5) is 4.49. The average Bonchev–Trinajstić information content (AvgIpc) is 2.67. The Kier molecular flexibility index (Phi) is 2.46. The van der Waals surface area contributed by atoms with E-state index in [2.05, 4.69) is 51.7 Å². The summed E-state index contributed by atoms with van der Waals surface area (Å²) in [6.07, 6.45) is 1.85. The van der Waals surface area contributed by atoms with Crippen molar-refractivity contribution in [1.82, 2.24) is 4.98 Å². The van der Waals surface area contributed by atoms with Crippen molar-refractivity contribution in [3.05, 3.63) is 41.1 Å². The number of nitrogens with zero attached hydrogens (tertiary/aromatic N) is 1. The number of hydrogen-bond donors (Lipinski definition) is 0. The Labute approximate surface area is 113 Å². The molecule has 98 valence electrons. The molecule has 2 aromatic heterocycles. The quantitative estimate of drug-likeness (QED) is 0.569. The average molecular weight is 253 g/mol. The summed E-state index contributed by atoms with van der Waals surface area (Å²) in [5.41, 5.74) is 6.63. The molecule has 0 saturated carbocycles. The molecule has 2 heterocycles. The highest BCUT2D eigenvalue weighted by Crippen LogP contribution is 2.37. The van der Waals surface area contributed by atoms with Gasteiger partial charge in [-0.25, -0.2) is 0 Å². The van der Waals surface area contributed by atoms with E-state index in [1.54, 1.807) is 0 Å². The zero-order valence-electron chi connectivity index (χ0n) is 12.2. The highest BCUT2D eigenvalue weighted by Gasteiger charge is 2.23. The molecule has 0 spiro atoms. The summed E-state index contributed by atoms with van der Waals surface area (Å²) in [5.74, 6) is 0. The molecule has 0 bridgehead atoms. The zero-order valence-corrected chi connectivity index (χ0v) is 12.2. The van der Waals surface area contributed by atoms with Crippen LogP contribution in [-0.4, -0.2) is 4.98 Å². The van der Waals surface area contributed by atoms with Gasteiger partial charge >= 0.3 is 0 Å². The molecule has 0 atom stereocenters. The molecule has 0 amide bonds. The van der Waals surface area contributed by atoms with Crippen molar-refractivity contribution in [2.75, 3.05) is 0 Å². The molecule has 2 nitrogen and oxygen atoms in total. The lowest BCUT2D eigenvalue weighted by molar-refractivity contribution is 0.568. The van der Waals surface area contributed by atoms with E-state index < -0.39 is 0 Å². The molecular weight excluding hydrogens is 234 g/mol. The summed E-state index contributed by atoms with van der Waals surface area (Å²) < 4.78 is 6.16. The fourth-order valence-corrected chi connectivity index (χ4v) is 2.87. The van der Waals surface area contributed by atoms with Gasteiger partial charge in [-0.1, -0.05) is 26.8 Å². The van der Waals surface area contributed by atoms with Crippen molar-refractivity contribution < 1.29 is 4.42 Å². The van der Waals surface area contributed by atoms with Crippen molar-refractivity contribution in [3.8, 4) is 0 Å². The van der Waals surface area contributed by atoms with Crippen molar-refractivity contribution >= 4 is 22.1 Å². The Bertz CT molecular complexity index is 775. The van der Waals surface area contributed by atoms with Crippen LogP contribution in [0.25, 0.3) is 22.1 Å². The van der Waals surface area contributed by atoms with Crippen molar-refractivity contribution in [3.63, 3.8) is 0 Å². The van der Waals surface area contributed by atoms with Gasteiger partial charge in [0.05, 0.1) is 0 Å². The summed E-state index contributed by atoms with van der Waals surface area (Å²) in [6, 6.07) is 6.29. The Balaban J connectivity index is 2.54. The van der Waals surface area contributed by atoms with Gasteiger partial charge in [-0.2, -0.15) is 0 Å². The second-order valence-electron chi connectivity index (χ2n) is 6.29. The molecule has 0 unspecified atom stereocenters. The number of furan rings is 1. The standard InChI is InChI=1S/C17H19NO/c1-10-6-7-12-14-15(11(2)8-9-18-14)19-16(12)13(10)17(3,4)5/h6-9H,1-5H3. The molecular formula is C17H19NO. The lowest BCUT2D eigenvalue weighted by Gasteiger charge is -2.21. The minimum absolute atomic E-state index is 0.0609. The zero-order chi connectivity index (χ0) is 13.8. The molecule has 1 aromatic carbocycles. The summed E-state index contributed by atoms with van der Waals surface area (Å²) in [6.45, 7) is 10.9. The molecule has 0 aliphatic heterocycles.